The number of carbonyl (C=O) groups excluding carboxylic acids is 3. The second-order valence-electron chi connectivity index (χ2n) is 8.89. The summed E-state index contributed by atoms with van der Waals surface area (Å²) < 4.78 is 0. The third-order valence-corrected chi connectivity index (χ3v) is 6.77. The number of rotatable bonds is 5. The molecule has 7 heteroatoms. The monoisotopic (exact) mass is 412 g/mol. The first-order valence-corrected chi connectivity index (χ1v) is 11.2. The summed E-state index contributed by atoms with van der Waals surface area (Å²) in [4.78, 5) is 43.4. The van der Waals surface area contributed by atoms with E-state index in [4.69, 9.17) is 0 Å². The number of urea groups is 1. The second-order valence-corrected chi connectivity index (χ2v) is 8.89. The standard InChI is InChI=1S/C23H32N4O3/c1-25(16-18-10-4-5-11-19(18)26-14-8-3-9-15-26)20(28)17-27-21(29)23(24-22(27)30)12-6-2-7-13-23/h4-5,10-11H,2-3,6-9,12-17H2,1H3,(H,24,30). The Bertz CT molecular complexity index is 812. The predicted molar refractivity (Wildman–Crippen MR) is 115 cm³/mol. The van der Waals surface area contributed by atoms with Crippen molar-refractivity contribution in [1.29, 1.82) is 0 Å². The molecule has 1 aliphatic carbocycles. The lowest BCUT2D eigenvalue weighted by molar-refractivity contribution is -0.139. The molecule has 2 heterocycles. The number of anilines is 1. The second kappa shape index (κ2) is 8.66. The molecule has 3 aliphatic rings. The highest BCUT2D eigenvalue weighted by Gasteiger charge is 2.51. The summed E-state index contributed by atoms with van der Waals surface area (Å²) >= 11 is 0. The minimum absolute atomic E-state index is 0.200. The fourth-order valence-electron chi connectivity index (χ4n) is 5.00. The van der Waals surface area contributed by atoms with Gasteiger partial charge < -0.3 is 15.1 Å². The zero-order valence-electron chi connectivity index (χ0n) is 17.9. The Morgan fingerprint density at radius 2 is 1.70 bits per heavy atom. The van der Waals surface area contributed by atoms with E-state index in [1.54, 1.807) is 11.9 Å². The van der Waals surface area contributed by atoms with Gasteiger partial charge in [0.25, 0.3) is 5.91 Å². The van der Waals surface area contributed by atoms with Crippen LogP contribution < -0.4 is 10.2 Å². The summed E-state index contributed by atoms with van der Waals surface area (Å²) in [5.74, 6) is -0.456. The molecule has 0 radical (unpaired) electrons. The van der Waals surface area contributed by atoms with Gasteiger partial charge >= 0.3 is 6.03 Å². The van der Waals surface area contributed by atoms with E-state index in [2.05, 4.69) is 22.3 Å². The van der Waals surface area contributed by atoms with Gasteiger partial charge in [-0.15, -0.1) is 0 Å². The summed E-state index contributed by atoms with van der Waals surface area (Å²) in [5, 5.41) is 2.88. The fourth-order valence-corrected chi connectivity index (χ4v) is 5.00. The fraction of sp³-hybridized carbons (Fsp3) is 0.609. The minimum atomic E-state index is -0.783. The van der Waals surface area contributed by atoms with Gasteiger partial charge in [-0.2, -0.15) is 0 Å². The van der Waals surface area contributed by atoms with Crippen molar-refractivity contribution in [3.05, 3.63) is 29.8 Å². The summed E-state index contributed by atoms with van der Waals surface area (Å²) in [6.45, 7) is 2.34. The van der Waals surface area contributed by atoms with Gasteiger partial charge in [0.1, 0.15) is 12.1 Å². The molecule has 1 N–H and O–H groups in total. The summed E-state index contributed by atoms with van der Waals surface area (Å²) in [7, 11) is 1.74. The van der Waals surface area contributed by atoms with Gasteiger partial charge in [-0.3, -0.25) is 14.5 Å². The van der Waals surface area contributed by atoms with Gasteiger partial charge in [0, 0.05) is 32.4 Å². The van der Waals surface area contributed by atoms with Crippen molar-refractivity contribution in [3.63, 3.8) is 0 Å². The van der Waals surface area contributed by atoms with E-state index in [-0.39, 0.29) is 18.4 Å². The molecular formula is C23H32N4O3. The molecule has 0 aromatic heterocycles. The maximum absolute atomic E-state index is 12.9. The van der Waals surface area contributed by atoms with E-state index >= 15 is 0 Å². The van der Waals surface area contributed by atoms with E-state index in [0.717, 1.165) is 42.8 Å². The first-order chi connectivity index (χ1) is 14.5. The van der Waals surface area contributed by atoms with Crippen LogP contribution >= 0.6 is 0 Å². The van der Waals surface area contributed by atoms with Crippen molar-refractivity contribution < 1.29 is 14.4 Å². The van der Waals surface area contributed by atoms with Gasteiger partial charge in [0.2, 0.25) is 5.91 Å². The molecule has 0 atom stereocenters. The Morgan fingerprint density at radius 3 is 2.43 bits per heavy atom. The number of piperidine rings is 1. The van der Waals surface area contributed by atoms with Gasteiger partial charge in [0.05, 0.1) is 0 Å². The zero-order valence-corrected chi connectivity index (χ0v) is 17.9. The number of imide groups is 1. The Morgan fingerprint density at radius 1 is 1.03 bits per heavy atom. The molecule has 1 saturated carbocycles. The SMILES string of the molecule is CN(Cc1ccccc1N1CCCCC1)C(=O)CN1C(=O)NC2(CCCCC2)C1=O. The first kappa shape index (κ1) is 20.7. The normalized spacial score (nSPS) is 21.1. The topological polar surface area (TPSA) is 73.0 Å². The lowest BCUT2D eigenvalue weighted by Crippen LogP contribution is -2.49. The van der Waals surface area contributed by atoms with Crippen molar-refractivity contribution in [2.75, 3.05) is 31.6 Å². The lowest BCUT2D eigenvalue weighted by atomic mass is 9.82. The van der Waals surface area contributed by atoms with Gasteiger partial charge in [-0.25, -0.2) is 4.79 Å². The molecule has 4 rings (SSSR count). The van der Waals surface area contributed by atoms with Crippen LogP contribution in [0.1, 0.15) is 56.9 Å². The first-order valence-electron chi connectivity index (χ1n) is 11.2. The summed E-state index contributed by atoms with van der Waals surface area (Å²) in [6.07, 6.45) is 7.94. The Labute approximate surface area is 178 Å². The third kappa shape index (κ3) is 4.02. The van der Waals surface area contributed by atoms with Crippen LogP contribution in [0, 0.1) is 0 Å². The number of benzene rings is 1. The van der Waals surface area contributed by atoms with E-state index in [1.165, 1.54) is 24.9 Å². The highest BCUT2D eigenvalue weighted by Crippen LogP contribution is 2.33. The van der Waals surface area contributed by atoms with Crippen molar-refractivity contribution in [1.82, 2.24) is 15.1 Å². The maximum Gasteiger partial charge on any atom is 0.325 e. The smallest absolute Gasteiger partial charge is 0.325 e. The zero-order chi connectivity index (χ0) is 21.1. The largest absolute Gasteiger partial charge is 0.371 e. The van der Waals surface area contributed by atoms with E-state index in [0.29, 0.717) is 19.4 Å². The number of carbonyl (C=O) groups is 3. The van der Waals surface area contributed by atoms with Crippen molar-refractivity contribution in [2.45, 2.75) is 63.5 Å². The molecule has 3 fully saturated rings. The van der Waals surface area contributed by atoms with Crippen molar-refractivity contribution in [2.24, 2.45) is 0 Å². The average molecular weight is 413 g/mol. The number of hydrogen-bond donors (Lipinski definition) is 1. The molecule has 1 aromatic carbocycles. The molecule has 30 heavy (non-hydrogen) atoms. The van der Waals surface area contributed by atoms with E-state index in [9.17, 15) is 14.4 Å². The molecule has 7 nitrogen and oxygen atoms in total. The number of likely N-dealkylation sites (N-methyl/N-ethyl adjacent to an activating group) is 1. The average Bonchev–Trinajstić information content (AvgIpc) is 2.99. The lowest BCUT2D eigenvalue weighted by Gasteiger charge is -2.32. The number of nitrogens with zero attached hydrogens (tertiary/aromatic N) is 3. The summed E-state index contributed by atoms with van der Waals surface area (Å²) in [5.41, 5.74) is 1.49. The van der Waals surface area contributed by atoms with Crippen molar-refractivity contribution in [3.8, 4) is 0 Å². The number of para-hydroxylation sites is 1. The molecule has 0 unspecified atom stereocenters. The Balaban J connectivity index is 1.41. The van der Waals surface area contributed by atoms with Crippen LogP contribution in [0.4, 0.5) is 10.5 Å². The molecular weight excluding hydrogens is 380 g/mol. The number of amides is 4. The quantitative estimate of drug-likeness (QED) is 0.755. The van der Waals surface area contributed by atoms with Crippen molar-refractivity contribution >= 4 is 23.5 Å². The third-order valence-electron chi connectivity index (χ3n) is 6.77. The van der Waals surface area contributed by atoms with Gasteiger partial charge in [0.15, 0.2) is 0 Å². The van der Waals surface area contributed by atoms with E-state index < -0.39 is 11.6 Å². The van der Waals surface area contributed by atoms with Gasteiger partial charge in [-0.1, -0.05) is 37.5 Å². The molecule has 162 valence electrons. The highest BCUT2D eigenvalue weighted by molar-refractivity contribution is 6.09. The molecule has 0 bridgehead atoms. The molecule has 1 aromatic rings. The molecule has 4 amide bonds. The molecule has 2 saturated heterocycles. The molecule has 1 spiro atoms. The van der Waals surface area contributed by atoms with Gasteiger partial charge in [-0.05, 0) is 43.7 Å². The van der Waals surface area contributed by atoms with Crippen LogP contribution in [0.5, 0.6) is 0 Å². The minimum Gasteiger partial charge on any atom is -0.371 e. The van der Waals surface area contributed by atoms with Crippen LogP contribution in [0.25, 0.3) is 0 Å². The van der Waals surface area contributed by atoms with Crippen LogP contribution in [0.15, 0.2) is 24.3 Å². The van der Waals surface area contributed by atoms with Crippen LogP contribution in [-0.4, -0.2) is 59.9 Å². The molecule has 2 aliphatic heterocycles. The predicted octanol–water partition coefficient (Wildman–Crippen LogP) is 2.89. The Hall–Kier alpha value is -2.57. The van der Waals surface area contributed by atoms with Crippen LogP contribution in [0.2, 0.25) is 0 Å². The summed E-state index contributed by atoms with van der Waals surface area (Å²) in [6, 6.07) is 7.76. The maximum atomic E-state index is 12.9. The van der Waals surface area contributed by atoms with Crippen LogP contribution in [-0.2, 0) is 16.1 Å². The number of hydrogen-bond acceptors (Lipinski definition) is 4. The van der Waals surface area contributed by atoms with E-state index in [1.807, 2.05) is 12.1 Å². The number of nitrogens with one attached hydrogen (secondary N) is 1. The Kier molecular flexibility index (Phi) is 5.97. The highest BCUT2D eigenvalue weighted by atomic mass is 16.2. The van der Waals surface area contributed by atoms with Crippen LogP contribution in [0.3, 0.4) is 0 Å².